The highest BCUT2D eigenvalue weighted by molar-refractivity contribution is 7.71. The number of hydrazine groups is 1. The fourth-order valence-corrected chi connectivity index (χ4v) is 1.07. The minimum absolute atomic E-state index is 0.00403. The summed E-state index contributed by atoms with van der Waals surface area (Å²) in [5.74, 6) is 4.48. The summed E-state index contributed by atoms with van der Waals surface area (Å²) < 4.78 is 0.187. The van der Waals surface area contributed by atoms with E-state index < -0.39 is 5.91 Å². The van der Waals surface area contributed by atoms with Gasteiger partial charge in [-0.05, 0) is 12.2 Å². The Morgan fingerprint density at radius 3 is 2.85 bits per heavy atom. The molecule has 1 rings (SSSR count). The molecule has 7 heteroatoms. The summed E-state index contributed by atoms with van der Waals surface area (Å²) >= 11 is 4.70. The number of H-pyrrole nitrogens is 2. The van der Waals surface area contributed by atoms with Crippen LogP contribution >= 0.6 is 12.2 Å². The minimum atomic E-state index is -0.392. The van der Waals surface area contributed by atoms with E-state index in [4.69, 9.17) is 18.1 Å². The van der Waals surface area contributed by atoms with Crippen LogP contribution in [0.4, 0.5) is 0 Å². The summed E-state index contributed by atoms with van der Waals surface area (Å²) in [7, 11) is 0. The van der Waals surface area contributed by atoms with Crippen LogP contribution in [0.3, 0.4) is 0 Å². The highest BCUT2D eigenvalue weighted by Gasteiger charge is 2.01. The smallest absolute Gasteiger partial charge is 0.251 e. The third kappa shape index (κ3) is 2.80. The average molecular weight is 200 g/mol. The molecule has 0 radical (unpaired) electrons. The molecule has 0 aliphatic rings. The van der Waals surface area contributed by atoms with E-state index in [-0.39, 0.29) is 16.8 Å². The first-order valence-corrected chi connectivity index (χ1v) is 3.84. The zero-order chi connectivity index (χ0) is 9.84. The predicted molar refractivity (Wildman–Crippen MR) is 48.3 cm³/mol. The first kappa shape index (κ1) is 9.62. The molecule has 6 nitrogen and oxygen atoms in total. The van der Waals surface area contributed by atoms with Crippen molar-refractivity contribution in [2.24, 2.45) is 5.84 Å². The molecule has 0 saturated carbocycles. The molecular weight excluding hydrogens is 192 g/mol. The first-order chi connectivity index (χ1) is 6.11. The van der Waals surface area contributed by atoms with Crippen LogP contribution in [0.1, 0.15) is 5.69 Å². The van der Waals surface area contributed by atoms with E-state index in [0.717, 1.165) is 0 Å². The summed E-state index contributed by atoms with van der Waals surface area (Å²) in [5, 5.41) is 0. The average Bonchev–Trinajstić information content (AvgIpc) is 2.02. The molecular formula is C6H8N4O2S. The van der Waals surface area contributed by atoms with E-state index in [2.05, 4.69) is 9.97 Å². The maximum absolute atomic E-state index is 10.9. The van der Waals surface area contributed by atoms with Gasteiger partial charge in [-0.15, -0.1) is 0 Å². The number of hydrogen-bond acceptors (Lipinski definition) is 4. The fraction of sp³-hybridized carbons (Fsp3) is 0.167. The normalized spacial score (nSPS) is 9.62. The highest BCUT2D eigenvalue weighted by atomic mass is 32.1. The molecule has 1 heterocycles. The Morgan fingerprint density at radius 2 is 2.31 bits per heavy atom. The molecule has 0 aliphatic carbocycles. The zero-order valence-electron chi connectivity index (χ0n) is 6.59. The van der Waals surface area contributed by atoms with Crippen LogP contribution in [-0.2, 0) is 11.2 Å². The SMILES string of the molecule is NNC(=O)Cc1cc(=O)[nH]c(=S)[nH]1. The molecule has 0 unspecified atom stereocenters. The lowest BCUT2D eigenvalue weighted by molar-refractivity contribution is -0.120. The van der Waals surface area contributed by atoms with Crippen LogP contribution in [-0.4, -0.2) is 15.9 Å². The number of aromatic amines is 2. The largest absolute Gasteiger partial charge is 0.335 e. The number of amides is 1. The van der Waals surface area contributed by atoms with Gasteiger partial charge in [0.25, 0.3) is 5.56 Å². The van der Waals surface area contributed by atoms with E-state index in [1.807, 2.05) is 5.43 Å². The second-order valence-electron chi connectivity index (χ2n) is 2.36. The molecule has 5 N–H and O–H groups in total. The lowest BCUT2D eigenvalue weighted by Gasteiger charge is -1.98. The summed E-state index contributed by atoms with van der Waals surface area (Å²) in [6.45, 7) is 0. The third-order valence-corrected chi connectivity index (χ3v) is 1.53. The maximum atomic E-state index is 10.9. The summed E-state index contributed by atoms with van der Waals surface area (Å²) in [6, 6.07) is 1.25. The molecule has 0 bridgehead atoms. The topological polar surface area (TPSA) is 104 Å². The molecule has 0 fully saturated rings. The Kier molecular flexibility index (Phi) is 2.93. The number of nitrogens with two attached hydrogens (primary N) is 1. The summed E-state index contributed by atoms with van der Waals surface area (Å²) in [5.41, 5.74) is 2.03. The number of aromatic nitrogens is 2. The van der Waals surface area contributed by atoms with Gasteiger partial charge in [0.1, 0.15) is 0 Å². The minimum Gasteiger partial charge on any atom is -0.335 e. The molecule has 0 aromatic carbocycles. The van der Waals surface area contributed by atoms with Gasteiger partial charge < -0.3 is 4.98 Å². The Hall–Kier alpha value is -1.47. The predicted octanol–water partition coefficient (Wildman–Crippen LogP) is -1.04. The third-order valence-electron chi connectivity index (χ3n) is 1.33. The molecule has 0 spiro atoms. The van der Waals surface area contributed by atoms with E-state index in [1.165, 1.54) is 6.07 Å². The van der Waals surface area contributed by atoms with Crippen molar-refractivity contribution in [1.29, 1.82) is 0 Å². The lowest BCUT2D eigenvalue weighted by Crippen LogP contribution is -2.32. The van der Waals surface area contributed by atoms with Crippen LogP contribution < -0.4 is 16.8 Å². The van der Waals surface area contributed by atoms with Gasteiger partial charge in [0.2, 0.25) is 5.91 Å². The van der Waals surface area contributed by atoms with Gasteiger partial charge in [0, 0.05) is 11.8 Å². The molecule has 0 saturated heterocycles. The second kappa shape index (κ2) is 3.97. The van der Waals surface area contributed by atoms with Crippen molar-refractivity contribution < 1.29 is 4.79 Å². The van der Waals surface area contributed by atoms with Crippen LogP contribution in [0, 0.1) is 4.77 Å². The molecule has 1 aromatic rings. The molecule has 1 amide bonds. The Balaban J connectivity index is 2.96. The first-order valence-electron chi connectivity index (χ1n) is 3.44. The van der Waals surface area contributed by atoms with Crippen molar-refractivity contribution in [1.82, 2.24) is 15.4 Å². The maximum Gasteiger partial charge on any atom is 0.251 e. The van der Waals surface area contributed by atoms with E-state index in [9.17, 15) is 9.59 Å². The quantitative estimate of drug-likeness (QED) is 0.212. The molecule has 0 atom stereocenters. The van der Waals surface area contributed by atoms with Crippen molar-refractivity contribution in [2.45, 2.75) is 6.42 Å². The van der Waals surface area contributed by atoms with Crippen molar-refractivity contribution in [3.63, 3.8) is 0 Å². The van der Waals surface area contributed by atoms with Crippen molar-refractivity contribution in [2.75, 3.05) is 0 Å². The number of rotatable bonds is 2. The van der Waals surface area contributed by atoms with Gasteiger partial charge >= 0.3 is 0 Å². The van der Waals surface area contributed by atoms with Crippen molar-refractivity contribution in [3.8, 4) is 0 Å². The van der Waals surface area contributed by atoms with Crippen molar-refractivity contribution in [3.05, 3.63) is 26.9 Å². The van der Waals surface area contributed by atoms with Gasteiger partial charge in [-0.1, -0.05) is 0 Å². The number of carbonyl (C=O) groups is 1. The van der Waals surface area contributed by atoms with Crippen LogP contribution in [0.15, 0.2) is 10.9 Å². The van der Waals surface area contributed by atoms with Crippen LogP contribution in [0.2, 0.25) is 0 Å². The monoisotopic (exact) mass is 200 g/mol. The highest BCUT2D eigenvalue weighted by Crippen LogP contribution is 1.89. The van der Waals surface area contributed by atoms with Crippen LogP contribution in [0.25, 0.3) is 0 Å². The molecule has 0 aliphatic heterocycles. The summed E-state index contributed by atoms with van der Waals surface area (Å²) in [6.07, 6.45) is 0.00403. The lowest BCUT2D eigenvalue weighted by atomic mass is 10.3. The van der Waals surface area contributed by atoms with E-state index in [1.54, 1.807) is 0 Å². The Morgan fingerprint density at radius 1 is 1.62 bits per heavy atom. The zero-order valence-corrected chi connectivity index (χ0v) is 7.40. The van der Waals surface area contributed by atoms with E-state index >= 15 is 0 Å². The van der Waals surface area contributed by atoms with E-state index in [0.29, 0.717) is 5.69 Å². The number of hydrogen-bond donors (Lipinski definition) is 4. The standard InChI is InChI=1S/C6H8N4O2S/c7-10-5(12)2-3-1-4(11)9-6(13)8-3/h1H,2,7H2,(H,10,12)(H2,8,9,11,13). The van der Waals surface area contributed by atoms with Crippen LogP contribution in [0.5, 0.6) is 0 Å². The van der Waals surface area contributed by atoms with Gasteiger partial charge in [0.05, 0.1) is 6.42 Å². The van der Waals surface area contributed by atoms with Gasteiger partial charge in [-0.3, -0.25) is 20.0 Å². The summed E-state index contributed by atoms with van der Waals surface area (Å²) in [4.78, 5) is 26.7. The van der Waals surface area contributed by atoms with Gasteiger partial charge in [-0.2, -0.15) is 0 Å². The molecule has 1 aromatic heterocycles. The molecule has 70 valence electrons. The number of carbonyl (C=O) groups excluding carboxylic acids is 1. The fourth-order valence-electron chi connectivity index (χ4n) is 0.839. The van der Waals surface area contributed by atoms with Crippen molar-refractivity contribution >= 4 is 18.1 Å². The Labute approximate surface area is 78.1 Å². The Bertz CT molecular complexity index is 393. The van der Waals surface area contributed by atoms with Gasteiger partial charge in [0.15, 0.2) is 4.77 Å². The number of nitrogens with one attached hydrogen (secondary N) is 3. The second-order valence-corrected chi connectivity index (χ2v) is 2.77. The molecule has 13 heavy (non-hydrogen) atoms. The van der Waals surface area contributed by atoms with Gasteiger partial charge in [-0.25, -0.2) is 5.84 Å².